The summed E-state index contributed by atoms with van der Waals surface area (Å²) in [5, 5.41) is 22.9. The number of nitro benzene ring substituents is 2. The van der Waals surface area contributed by atoms with Crippen LogP contribution in [0.25, 0.3) is 10.2 Å². The number of carbonyl (C=O) groups is 1. The van der Waals surface area contributed by atoms with Crippen LogP contribution in [0.2, 0.25) is 0 Å². The SMILES string of the molecule is Cc1cccc2sc(N(CCCN(C)C)C(=O)c3cc([N+](=O)[O-])cc([N+](=O)[O-])c3)nc12. The van der Waals surface area contributed by atoms with E-state index < -0.39 is 27.1 Å². The first-order valence-electron chi connectivity index (χ1n) is 9.44. The minimum Gasteiger partial charge on any atom is -0.309 e. The van der Waals surface area contributed by atoms with Crippen molar-refractivity contribution in [3.63, 3.8) is 0 Å². The molecule has 0 saturated carbocycles. The van der Waals surface area contributed by atoms with Crippen LogP contribution < -0.4 is 4.90 Å². The quantitative estimate of drug-likeness (QED) is 0.380. The number of amides is 1. The molecule has 0 atom stereocenters. The Morgan fingerprint density at radius 2 is 1.71 bits per heavy atom. The van der Waals surface area contributed by atoms with Crippen molar-refractivity contribution in [1.29, 1.82) is 0 Å². The third-order valence-corrected chi connectivity index (χ3v) is 5.69. The summed E-state index contributed by atoms with van der Waals surface area (Å²) in [5.41, 5.74) is 0.600. The van der Waals surface area contributed by atoms with Crippen molar-refractivity contribution < 1.29 is 14.6 Å². The predicted molar refractivity (Wildman–Crippen MR) is 119 cm³/mol. The molecule has 0 fully saturated rings. The van der Waals surface area contributed by atoms with E-state index in [4.69, 9.17) is 0 Å². The van der Waals surface area contributed by atoms with Crippen LogP contribution in [0.5, 0.6) is 0 Å². The number of aromatic nitrogens is 1. The molecule has 11 heteroatoms. The highest BCUT2D eigenvalue weighted by Gasteiger charge is 2.26. The Labute approximate surface area is 182 Å². The number of para-hydroxylation sites is 1. The summed E-state index contributed by atoms with van der Waals surface area (Å²) in [6, 6.07) is 8.70. The number of rotatable bonds is 8. The first-order chi connectivity index (χ1) is 14.7. The second-order valence-electron chi connectivity index (χ2n) is 7.28. The van der Waals surface area contributed by atoms with Crippen molar-refractivity contribution in [1.82, 2.24) is 9.88 Å². The number of aryl methyl sites for hydroxylation is 1. The topological polar surface area (TPSA) is 123 Å². The Morgan fingerprint density at radius 3 is 2.26 bits per heavy atom. The fourth-order valence-electron chi connectivity index (χ4n) is 3.10. The van der Waals surface area contributed by atoms with Gasteiger partial charge in [-0.2, -0.15) is 0 Å². The number of fused-ring (bicyclic) bond motifs is 1. The first-order valence-corrected chi connectivity index (χ1v) is 10.3. The van der Waals surface area contributed by atoms with E-state index >= 15 is 0 Å². The molecule has 1 aromatic heterocycles. The summed E-state index contributed by atoms with van der Waals surface area (Å²) in [7, 11) is 3.83. The summed E-state index contributed by atoms with van der Waals surface area (Å²) in [5.74, 6) is -0.567. The van der Waals surface area contributed by atoms with E-state index in [1.165, 1.54) is 16.2 Å². The molecule has 0 unspecified atom stereocenters. The highest BCUT2D eigenvalue weighted by Crippen LogP contribution is 2.32. The summed E-state index contributed by atoms with van der Waals surface area (Å²) in [6.45, 7) is 2.95. The van der Waals surface area contributed by atoms with Crippen molar-refractivity contribution in [2.45, 2.75) is 13.3 Å². The van der Waals surface area contributed by atoms with Crippen molar-refractivity contribution in [3.05, 3.63) is 67.8 Å². The number of nitrogens with zero attached hydrogens (tertiary/aromatic N) is 5. The summed E-state index contributed by atoms with van der Waals surface area (Å²) in [6.07, 6.45) is 0.630. The van der Waals surface area contributed by atoms with E-state index in [0.717, 1.165) is 34.0 Å². The van der Waals surface area contributed by atoms with Crippen LogP contribution in [0.15, 0.2) is 36.4 Å². The van der Waals surface area contributed by atoms with Gasteiger partial charge in [-0.15, -0.1) is 0 Å². The monoisotopic (exact) mass is 443 g/mol. The molecule has 2 aromatic carbocycles. The largest absolute Gasteiger partial charge is 0.309 e. The van der Waals surface area contributed by atoms with Gasteiger partial charge in [0.15, 0.2) is 5.13 Å². The molecule has 0 spiro atoms. The lowest BCUT2D eigenvalue weighted by Crippen LogP contribution is -2.33. The third kappa shape index (κ3) is 5.01. The molecular weight excluding hydrogens is 422 g/mol. The van der Waals surface area contributed by atoms with E-state index in [2.05, 4.69) is 4.98 Å². The lowest BCUT2D eigenvalue weighted by atomic mass is 10.1. The minimum absolute atomic E-state index is 0.123. The lowest BCUT2D eigenvalue weighted by molar-refractivity contribution is -0.394. The molecule has 0 radical (unpaired) electrons. The van der Waals surface area contributed by atoms with Gasteiger partial charge in [0, 0.05) is 18.7 Å². The van der Waals surface area contributed by atoms with Crippen LogP contribution >= 0.6 is 11.3 Å². The molecule has 10 nitrogen and oxygen atoms in total. The number of benzene rings is 2. The molecule has 31 heavy (non-hydrogen) atoms. The summed E-state index contributed by atoms with van der Waals surface area (Å²) in [4.78, 5) is 42.4. The zero-order valence-corrected chi connectivity index (χ0v) is 18.1. The highest BCUT2D eigenvalue weighted by atomic mass is 32.1. The number of hydrogen-bond acceptors (Lipinski definition) is 8. The average molecular weight is 443 g/mol. The van der Waals surface area contributed by atoms with Crippen LogP contribution in [-0.2, 0) is 0 Å². The van der Waals surface area contributed by atoms with Gasteiger partial charge in [0.1, 0.15) is 0 Å². The maximum Gasteiger partial charge on any atom is 0.277 e. The molecule has 0 N–H and O–H groups in total. The van der Waals surface area contributed by atoms with Crippen molar-refractivity contribution >= 4 is 44.0 Å². The molecule has 3 rings (SSSR count). The number of thiazole rings is 1. The van der Waals surface area contributed by atoms with Crippen LogP contribution in [0.3, 0.4) is 0 Å². The Hall–Kier alpha value is -3.44. The van der Waals surface area contributed by atoms with Gasteiger partial charge < -0.3 is 4.90 Å². The zero-order valence-electron chi connectivity index (χ0n) is 17.3. The number of carbonyl (C=O) groups excluding carboxylic acids is 1. The minimum atomic E-state index is -0.749. The maximum absolute atomic E-state index is 13.4. The van der Waals surface area contributed by atoms with Crippen LogP contribution in [0.4, 0.5) is 16.5 Å². The number of hydrogen-bond donors (Lipinski definition) is 0. The predicted octanol–water partition coefficient (Wildman–Crippen LogP) is 4.02. The molecule has 1 amide bonds. The normalized spacial score (nSPS) is 11.1. The Bertz CT molecular complexity index is 1130. The van der Waals surface area contributed by atoms with Gasteiger partial charge in [0.25, 0.3) is 17.3 Å². The zero-order chi connectivity index (χ0) is 22.7. The van der Waals surface area contributed by atoms with E-state index in [9.17, 15) is 25.0 Å². The molecule has 0 aliphatic heterocycles. The Kier molecular flexibility index (Phi) is 6.56. The highest BCUT2D eigenvalue weighted by molar-refractivity contribution is 7.22. The first kappa shape index (κ1) is 22.2. The molecule has 3 aromatic rings. The van der Waals surface area contributed by atoms with E-state index in [1.54, 1.807) is 0 Å². The average Bonchev–Trinajstić information content (AvgIpc) is 3.15. The van der Waals surface area contributed by atoms with Crippen molar-refractivity contribution in [3.8, 4) is 0 Å². The van der Waals surface area contributed by atoms with Gasteiger partial charge in [-0.1, -0.05) is 23.5 Å². The Balaban J connectivity index is 2.06. The molecular formula is C20H21N5O5S. The third-order valence-electron chi connectivity index (χ3n) is 4.64. The van der Waals surface area contributed by atoms with E-state index in [1.807, 2.05) is 44.1 Å². The summed E-state index contributed by atoms with van der Waals surface area (Å²) < 4.78 is 0.908. The fraction of sp³-hybridized carbons (Fsp3) is 0.300. The number of non-ortho nitro benzene ring substituents is 2. The summed E-state index contributed by atoms with van der Waals surface area (Å²) >= 11 is 1.34. The van der Waals surface area contributed by atoms with Gasteiger partial charge in [-0.25, -0.2) is 4.98 Å². The standard InChI is InChI=1S/C20H21N5O5S/c1-13-6-4-7-17-18(13)21-20(31-17)23(9-5-8-22(2)3)19(26)14-10-15(24(27)28)12-16(11-14)25(29)30/h4,6-7,10-12H,5,8-9H2,1-3H3. The van der Waals surface area contributed by atoms with Crippen LogP contribution in [0.1, 0.15) is 22.3 Å². The van der Waals surface area contributed by atoms with Gasteiger partial charge in [0.05, 0.1) is 31.7 Å². The lowest BCUT2D eigenvalue weighted by Gasteiger charge is -2.21. The molecule has 0 aliphatic carbocycles. The van der Waals surface area contributed by atoms with Gasteiger partial charge in [-0.3, -0.25) is 29.9 Å². The fourth-order valence-corrected chi connectivity index (χ4v) is 4.17. The Morgan fingerprint density at radius 1 is 1.06 bits per heavy atom. The maximum atomic E-state index is 13.4. The molecule has 0 bridgehead atoms. The molecule has 162 valence electrons. The van der Waals surface area contributed by atoms with Gasteiger partial charge >= 0.3 is 0 Å². The van der Waals surface area contributed by atoms with Crippen molar-refractivity contribution in [2.75, 3.05) is 32.1 Å². The van der Waals surface area contributed by atoms with Crippen LogP contribution in [-0.4, -0.2) is 52.8 Å². The van der Waals surface area contributed by atoms with Crippen molar-refractivity contribution in [2.24, 2.45) is 0 Å². The second-order valence-corrected chi connectivity index (χ2v) is 8.29. The van der Waals surface area contributed by atoms with E-state index in [0.29, 0.717) is 24.6 Å². The number of anilines is 1. The molecule has 0 aliphatic rings. The van der Waals surface area contributed by atoms with Crippen LogP contribution in [0, 0.1) is 27.2 Å². The smallest absolute Gasteiger partial charge is 0.277 e. The second kappa shape index (κ2) is 9.14. The molecule has 1 heterocycles. The molecule has 0 saturated heterocycles. The number of nitro groups is 2. The van der Waals surface area contributed by atoms with E-state index in [-0.39, 0.29) is 5.56 Å². The van der Waals surface area contributed by atoms with Gasteiger partial charge in [0.2, 0.25) is 0 Å². The van der Waals surface area contributed by atoms with Gasteiger partial charge in [-0.05, 0) is 45.6 Å².